The van der Waals surface area contributed by atoms with Gasteiger partial charge in [0.05, 0.1) is 17.1 Å². The summed E-state index contributed by atoms with van der Waals surface area (Å²) in [5.74, 6) is 0.513. The number of aryl methyl sites for hydroxylation is 1. The summed E-state index contributed by atoms with van der Waals surface area (Å²) in [4.78, 5) is 13.1. The lowest BCUT2D eigenvalue weighted by molar-refractivity contribution is 0.541. The van der Waals surface area contributed by atoms with Crippen LogP contribution >= 0.6 is 11.6 Å². The molecule has 4 heteroatoms. The molecule has 0 fully saturated rings. The van der Waals surface area contributed by atoms with Crippen LogP contribution in [0.5, 0.6) is 0 Å². The van der Waals surface area contributed by atoms with Crippen LogP contribution in [0.3, 0.4) is 0 Å². The maximum absolute atomic E-state index is 13.1. The van der Waals surface area contributed by atoms with Crippen molar-refractivity contribution in [3.05, 3.63) is 70.6 Å². The van der Waals surface area contributed by atoms with Gasteiger partial charge in [0.1, 0.15) is 0 Å². The number of benzene rings is 2. The molecule has 0 amide bonds. The van der Waals surface area contributed by atoms with Crippen LogP contribution in [0.25, 0.3) is 11.0 Å². The Hall–Kier alpha value is -2.00. The summed E-state index contributed by atoms with van der Waals surface area (Å²) < 4.78 is 3.78. The normalized spacial score (nSPS) is 12.6. The highest BCUT2D eigenvalue weighted by Gasteiger charge is 2.21. The number of fused-ring (bicyclic) bond motifs is 1. The molecule has 1 heterocycles. The summed E-state index contributed by atoms with van der Waals surface area (Å²) in [6.07, 6.45) is 1.66. The van der Waals surface area contributed by atoms with Gasteiger partial charge in [-0.2, -0.15) is 0 Å². The smallest absolute Gasteiger partial charge is 0.292 e. The Balaban J connectivity index is 2.24. The molecule has 2 aromatic carbocycles. The summed E-state index contributed by atoms with van der Waals surface area (Å²) >= 11 is 6.05. The van der Waals surface area contributed by atoms with Gasteiger partial charge in [0.2, 0.25) is 0 Å². The molecule has 1 atom stereocenters. The molecule has 0 saturated heterocycles. The lowest BCUT2D eigenvalue weighted by Crippen LogP contribution is -2.28. The van der Waals surface area contributed by atoms with Gasteiger partial charge in [-0.25, -0.2) is 4.79 Å². The van der Waals surface area contributed by atoms with Crippen molar-refractivity contribution in [2.75, 3.05) is 5.88 Å². The van der Waals surface area contributed by atoms with Crippen LogP contribution in [-0.2, 0) is 6.54 Å². The lowest BCUT2D eigenvalue weighted by Gasteiger charge is -2.18. The van der Waals surface area contributed by atoms with Crippen molar-refractivity contribution in [2.24, 2.45) is 0 Å². The SMILES string of the molecule is CCCn1c(=O)n([C@@H](CCCl)c2ccccc2)c2ccccc21. The molecular formula is C19H21ClN2O. The average Bonchev–Trinajstić information content (AvgIpc) is 2.86. The number of hydrogen-bond donors (Lipinski definition) is 0. The predicted octanol–water partition coefficient (Wildman–Crippen LogP) is 4.43. The van der Waals surface area contributed by atoms with E-state index in [-0.39, 0.29) is 11.7 Å². The van der Waals surface area contributed by atoms with Crippen molar-refractivity contribution in [1.29, 1.82) is 0 Å². The van der Waals surface area contributed by atoms with E-state index in [2.05, 4.69) is 19.1 Å². The second-order valence-corrected chi connectivity index (χ2v) is 6.08. The maximum Gasteiger partial charge on any atom is 0.329 e. The molecule has 3 rings (SSSR count). The minimum absolute atomic E-state index is 0.0378. The van der Waals surface area contributed by atoms with E-state index >= 15 is 0 Å². The van der Waals surface area contributed by atoms with E-state index in [0.717, 1.165) is 36.0 Å². The third-order valence-corrected chi connectivity index (χ3v) is 4.41. The average molecular weight is 329 g/mol. The highest BCUT2D eigenvalue weighted by Crippen LogP contribution is 2.26. The van der Waals surface area contributed by atoms with Crippen molar-refractivity contribution < 1.29 is 0 Å². The van der Waals surface area contributed by atoms with E-state index in [1.165, 1.54) is 0 Å². The number of aromatic nitrogens is 2. The van der Waals surface area contributed by atoms with E-state index in [1.54, 1.807) is 0 Å². The van der Waals surface area contributed by atoms with E-state index in [9.17, 15) is 4.79 Å². The van der Waals surface area contributed by atoms with E-state index < -0.39 is 0 Å². The van der Waals surface area contributed by atoms with Crippen LogP contribution in [0.1, 0.15) is 31.4 Å². The Labute approximate surface area is 141 Å². The second kappa shape index (κ2) is 7.05. The Morgan fingerprint density at radius 2 is 1.65 bits per heavy atom. The van der Waals surface area contributed by atoms with Crippen LogP contribution < -0.4 is 5.69 Å². The van der Waals surface area contributed by atoms with Crippen molar-refractivity contribution in [3.8, 4) is 0 Å². The Morgan fingerprint density at radius 1 is 1.00 bits per heavy atom. The number of imidazole rings is 1. The molecule has 0 spiro atoms. The molecule has 3 nitrogen and oxygen atoms in total. The first-order valence-electron chi connectivity index (χ1n) is 8.08. The topological polar surface area (TPSA) is 26.9 Å². The highest BCUT2D eigenvalue weighted by atomic mass is 35.5. The standard InChI is InChI=1S/C19H21ClN2O/c1-2-14-21-17-10-6-7-11-18(17)22(19(21)23)16(12-13-20)15-8-4-3-5-9-15/h3-11,16H,2,12-14H2,1H3/t16-/m0/s1. The minimum atomic E-state index is -0.0378. The number of nitrogens with zero attached hydrogens (tertiary/aromatic N) is 2. The van der Waals surface area contributed by atoms with Crippen LogP contribution in [0.4, 0.5) is 0 Å². The molecule has 120 valence electrons. The van der Waals surface area contributed by atoms with Gasteiger partial charge in [-0.1, -0.05) is 49.4 Å². The first kappa shape index (κ1) is 15.9. The van der Waals surface area contributed by atoms with Gasteiger partial charge in [0, 0.05) is 12.4 Å². The van der Waals surface area contributed by atoms with Crippen LogP contribution in [0.15, 0.2) is 59.4 Å². The Kier molecular flexibility index (Phi) is 4.87. The molecule has 0 bridgehead atoms. The van der Waals surface area contributed by atoms with E-state index in [1.807, 2.05) is 51.6 Å². The first-order chi connectivity index (χ1) is 11.3. The predicted molar refractivity (Wildman–Crippen MR) is 96.4 cm³/mol. The van der Waals surface area contributed by atoms with Crippen molar-refractivity contribution >= 4 is 22.6 Å². The zero-order chi connectivity index (χ0) is 16.2. The quantitative estimate of drug-likeness (QED) is 0.615. The monoisotopic (exact) mass is 328 g/mol. The molecule has 3 aromatic rings. The van der Waals surface area contributed by atoms with Gasteiger partial charge in [-0.3, -0.25) is 9.13 Å². The fraction of sp³-hybridized carbons (Fsp3) is 0.316. The van der Waals surface area contributed by atoms with Crippen LogP contribution in [-0.4, -0.2) is 15.0 Å². The number of para-hydroxylation sites is 2. The third-order valence-electron chi connectivity index (χ3n) is 4.19. The minimum Gasteiger partial charge on any atom is -0.292 e. The van der Waals surface area contributed by atoms with Gasteiger partial charge >= 0.3 is 5.69 Å². The molecule has 0 aliphatic rings. The van der Waals surface area contributed by atoms with E-state index in [4.69, 9.17) is 11.6 Å². The summed E-state index contributed by atoms with van der Waals surface area (Å²) in [6, 6.07) is 18.1. The summed E-state index contributed by atoms with van der Waals surface area (Å²) in [5.41, 5.74) is 3.14. The van der Waals surface area contributed by atoms with Gasteiger partial charge in [0.25, 0.3) is 0 Å². The molecule has 0 radical (unpaired) electrons. The molecule has 0 N–H and O–H groups in total. The maximum atomic E-state index is 13.1. The van der Waals surface area contributed by atoms with Gasteiger partial charge < -0.3 is 0 Å². The first-order valence-corrected chi connectivity index (χ1v) is 8.62. The van der Waals surface area contributed by atoms with Gasteiger partial charge in [-0.05, 0) is 30.5 Å². The third kappa shape index (κ3) is 2.93. The molecule has 23 heavy (non-hydrogen) atoms. The van der Waals surface area contributed by atoms with Gasteiger partial charge in [0.15, 0.2) is 0 Å². The number of halogens is 1. The van der Waals surface area contributed by atoms with Crippen molar-refractivity contribution in [2.45, 2.75) is 32.4 Å². The summed E-state index contributed by atoms with van der Waals surface area (Å²) in [6.45, 7) is 2.82. The molecule has 0 aliphatic carbocycles. The summed E-state index contributed by atoms with van der Waals surface area (Å²) in [7, 11) is 0. The fourth-order valence-electron chi connectivity index (χ4n) is 3.20. The molecular weight excluding hydrogens is 308 g/mol. The van der Waals surface area contributed by atoms with Gasteiger partial charge in [-0.15, -0.1) is 11.6 Å². The zero-order valence-corrected chi connectivity index (χ0v) is 14.0. The number of alkyl halides is 1. The molecule has 0 aliphatic heterocycles. The van der Waals surface area contributed by atoms with Crippen molar-refractivity contribution in [1.82, 2.24) is 9.13 Å². The largest absolute Gasteiger partial charge is 0.329 e. The Morgan fingerprint density at radius 3 is 2.30 bits per heavy atom. The molecule has 0 saturated carbocycles. The summed E-state index contributed by atoms with van der Waals surface area (Å²) in [5, 5.41) is 0. The molecule has 1 aromatic heterocycles. The second-order valence-electron chi connectivity index (χ2n) is 5.70. The zero-order valence-electron chi connectivity index (χ0n) is 13.3. The Bertz CT molecular complexity index is 835. The van der Waals surface area contributed by atoms with Crippen LogP contribution in [0.2, 0.25) is 0 Å². The number of rotatable bonds is 6. The van der Waals surface area contributed by atoms with Crippen molar-refractivity contribution in [3.63, 3.8) is 0 Å². The molecule has 0 unspecified atom stereocenters. The fourth-order valence-corrected chi connectivity index (χ4v) is 3.40. The van der Waals surface area contributed by atoms with E-state index in [0.29, 0.717) is 5.88 Å². The highest BCUT2D eigenvalue weighted by molar-refractivity contribution is 6.17. The number of hydrogen-bond acceptors (Lipinski definition) is 1. The lowest BCUT2D eigenvalue weighted by atomic mass is 10.0. The van der Waals surface area contributed by atoms with Crippen LogP contribution in [0, 0.1) is 0 Å².